The fourth-order valence-corrected chi connectivity index (χ4v) is 2.73. The Bertz CT molecular complexity index is 695. The van der Waals surface area contributed by atoms with Crippen LogP contribution in [0.15, 0.2) is 24.3 Å². The first-order valence-electron chi connectivity index (χ1n) is 7.91. The zero-order chi connectivity index (χ0) is 16.9. The lowest BCUT2D eigenvalue weighted by atomic mass is 9.98. The molecule has 24 heavy (non-hydrogen) atoms. The number of carbonyl (C=O) groups is 1. The number of aromatic nitrogens is 3. The molecule has 1 aromatic heterocycles. The van der Waals surface area contributed by atoms with Crippen LogP contribution in [0.1, 0.15) is 24.6 Å². The number of nitrogens with one attached hydrogen (secondary N) is 2. The molecule has 1 aliphatic rings. The van der Waals surface area contributed by atoms with Crippen molar-refractivity contribution >= 4 is 23.5 Å². The molecule has 2 aromatic rings. The minimum atomic E-state index is -0.280. The van der Waals surface area contributed by atoms with Crippen LogP contribution in [0, 0.1) is 0 Å². The summed E-state index contributed by atoms with van der Waals surface area (Å²) in [5, 5.41) is 11.1. The predicted octanol–water partition coefficient (Wildman–Crippen LogP) is 1.95. The van der Waals surface area contributed by atoms with Crippen molar-refractivity contribution in [2.75, 3.05) is 25.0 Å². The zero-order valence-corrected chi connectivity index (χ0v) is 14.2. The molecule has 0 spiro atoms. The topological polar surface area (TPSA) is 81.1 Å². The summed E-state index contributed by atoms with van der Waals surface area (Å²) in [7, 11) is 1.77. The quantitative estimate of drug-likeness (QED) is 0.862. The second-order valence-electron chi connectivity index (χ2n) is 5.73. The molecule has 1 fully saturated rings. The first kappa shape index (κ1) is 16.7. The molecule has 7 nitrogen and oxygen atoms in total. The fourth-order valence-electron chi connectivity index (χ4n) is 2.61. The smallest absolute Gasteiger partial charge is 0.264 e. The number of aryl methyl sites for hydroxylation is 1. The number of piperidine rings is 1. The largest absolute Gasteiger partial charge is 0.484 e. The summed E-state index contributed by atoms with van der Waals surface area (Å²) in [6.45, 7) is 1.84. The van der Waals surface area contributed by atoms with Gasteiger partial charge in [0.15, 0.2) is 12.4 Å². The first-order chi connectivity index (χ1) is 11.6. The highest BCUT2D eigenvalue weighted by molar-refractivity contribution is 6.30. The van der Waals surface area contributed by atoms with Crippen molar-refractivity contribution < 1.29 is 9.53 Å². The van der Waals surface area contributed by atoms with Crippen molar-refractivity contribution in [3.63, 3.8) is 0 Å². The van der Waals surface area contributed by atoms with Gasteiger partial charge in [0.05, 0.1) is 0 Å². The lowest BCUT2D eigenvalue weighted by Gasteiger charge is -2.19. The highest BCUT2D eigenvalue weighted by atomic mass is 35.5. The van der Waals surface area contributed by atoms with E-state index in [0.717, 1.165) is 31.8 Å². The van der Waals surface area contributed by atoms with E-state index in [-0.39, 0.29) is 12.5 Å². The Hall–Kier alpha value is -2.12. The van der Waals surface area contributed by atoms with E-state index >= 15 is 0 Å². The molecular formula is C16H20ClN5O2. The third-order valence-corrected chi connectivity index (χ3v) is 4.17. The molecule has 2 N–H and O–H groups in total. The third-order valence-electron chi connectivity index (χ3n) is 3.92. The molecule has 0 saturated carbocycles. The van der Waals surface area contributed by atoms with Gasteiger partial charge < -0.3 is 10.1 Å². The third kappa shape index (κ3) is 4.24. The summed E-state index contributed by atoms with van der Waals surface area (Å²) < 4.78 is 7.02. The second kappa shape index (κ2) is 7.63. The summed E-state index contributed by atoms with van der Waals surface area (Å²) >= 11 is 5.81. The average molecular weight is 350 g/mol. The maximum absolute atomic E-state index is 12.0. The molecule has 3 rings (SSSR count). The minimum absolute atomic E-state index is 0.100. The van der Waals surface area contributed by atoms with Gasteiger partial charge in [-0.3, -0.25) is 10.1 Å². The summed E-state index contributed by atoms with van der Waals surface area (Å²) in [6.07, 6.45) is 2.02. The minimum Gasteiger partial charge on any atom is -0.484 e. The Balaban J connectivity index is 1.55. The number of ether oxygens (including phenoxy) is 1. The predicted molar refractivity (Wildman–Crippen MR) is 91.4 cm³/mol. The molecule has 128 valence electrons. The van der Waals surface area contributed by atoms with E-state index in [1.165, 1.54) is 0 Å². The van der Waals surface area contributed by atoms with E-state index in [1.54, 1.807) is 36.0 Å². The lowest BCUT2D eigenvalue weighted by Crippen LogP contribution is -2.27. The number of rotatable bonds is 5. The van der Waals surface area contributed by atoms with Gasteiger partial charge in [0.25, 0.3) is 5.91 Å². The van der Waals surface area contributed by atoms with E-state index in [1.807, 2.05) is 0 Å². The van der Waals surface area contributed by atoms with E-state index in [9.17, 15) is 4.79 Å². The summed E-state index contributed by atoms with van der Waals surface area (Å²) in [6, 6.07) is 6.85. The van der Waals surface area contributed by atoms with Gasteiger partial charge in [-0.2, -0.15) is 10.1 Å². The maximum atomic E-state index is 12.0. The molecule has 2 heterocycles. The molecule has 1 aromatic carbocycles. The molecule has 1 amide bonds. The Kier molecular flexibility index (Phi) is 5.32. The highest BCUT2D eigenvalue weighted by Crippen LogP contribution is 2.23. The van der Waals surface area contributed by atoms with Gasteiger partial charge in [-0.15, -0.1) is 0 Å². The summed E-state index contributed by atoms with van der Waals surface area (Å²) in [5.74, 6) is 1.87. The van der Waals surface area contributed by atoms with Crippen LogP contribution in [0.2, 0.25) is 5.02 Å². The SMILES string of the molecule is Cn1nc(C2CCNCC2)nc1NC(=O)COc1ccc(Cl)cc1. The molecule has 0 atom stereocenters. The highest BCUT2D eigenvalue weighted by Gasteiger charge is 2.21. The van der Waals surface area contributed by atoms with Crippen LogP contribution in [0.4, 0.5) is 5.95 Å². The Morgan fingerprint density at radius 3 is 2.79 bits per heavy atom. The number of halogens is 1. The van der Waals surface area contributed by atoms with E-state index in [2.05, 4.69) is 20.7 Å². The first-order valence-corrected chi connectivity index (χ1v) is 8.29. The lowest BCUT2D eigenvalue weighted by molar-refractivity contribution is -0.118. The van der Waals surface area contributed by atoms with Gasteiger partial charge in [0.1, 0.15) is 5.75 Å². The van der Waals surface area contributed by atoms with Crippen molar-refractivity contribution in [3.05, 3.63) is 35.1 Å². The van der Waals surface area contributed by atoms with Gasteiger partial charge in [-0.25, -0.2) is 4.68 Å². The number of benzene rings is 1. The number of nitrogens with zero attached hydrogens (tertiary/aromatic N) is 3. The number of hydrogen-bond acceptors (Lipinski definition) is 5. The molecular weight excluding hydrogens is 330 g/mol. The van der Waals surface area contributed by atoms with Crippen molar-refractivity contribution in [2.45, 2.75) is 18.8 Å². The van der Waals surface area contributed by atoms with Crippen LogP contribution in [-0.4, -0.2) is 40.4 Å². The van der Waals surface area contributed by atoms with Gasteiger partial charge in [-0.05, 0) is 50.2 Å². The van der Waals surface area contributed by atoms with Gasteiger partial charge in [0, 0.05) is 18.0 Å². The molecule has 0 bridgehead atoms. The number of carbonyl (C=O) groups excluding carboxylic acids is 1. The van der Waals surface area contributed by atoms with Crippen molar-refractivity contribution in [3.8, 4) is 5.75 Å². The normalized spacial score (nSPS) is 15.2. The monoisotopic (exact) mass is 349 g/mol. The van der Waals surface area contributed by atoms with Gasteiger partial charge >= 0.3 is 0 Å². The standard InChI is InChI=1S/C16H20ClN5O2/c1-22-16(20-15(21-22)11-6-8-18-9-7-11)19-14(23)10-24-13-4-2-12(17)3-5-13/h2-5,11,18H,6-10H2,1H3,(H,19,20,21,23). The molecule has 1 saturated heterocycles. The Labute approximate surface area is 145 Å². The van der Waals surface area contributed by atoms with Crippen molar-refractivity contribution in [1.29, 1.82) is 0 Å². The van der Waals surface area contributed by atoms with Crippen LogP contribution in [-0.2, 0) is 11.8 Å². The van der Waals surface area contributed by atoms with Crippen LogP contribution in [0.3, 0.4) is 0 Å². The molecule has 1 aliphatic heterocycles. The fraction of sp³-hybridized carbons (Fsp3) is 0.438. The van der Waals surface area contributed by atoms with Gasteiger partial charge in [-0.1, -0.05) is 11.6 Å². The molecule has 0 unspecified atom stereocenters. The molecule has 0 radical (unpaired) electrons. The number of hydrogen-bond donors (Lipinski definition) is 2. The molecule has 0 aliphatic carbocycles. The van der Waals surface area contributed by atoms with Crippen LogP contribution in [0.25, 0.3) is 0 Å². The van der Waals surface area contributed by atoms with Crippen LogP contribution >= 0.6 is 11.6 Å². The zero-order valence-electron chi connectivity index (χ0n) is 13.5. The maximum Gasteiger partial charge on any atom is 0.264 e. The number of amides is 1. The van der Waals surface area contributed by atoms with E-state index in [4.69, 9.17) is 16.3 Å². The van der Waals surface area contributed by atoms with E-state index < -0.39 is 0 Å². The number of anilines is 1. The second-order valence-corrected chi connectivity index (χ2v) is 6.17. The van der Waals surface area contributed by atoms with Crippen LogP contribution in [0.5, 0.6) is 5.75 Å². The van der Waals surface area contributed by atoms with Gasteiger partial charge in [0.2, 0.25) is 5.95 Å². The Morgan fingerprint density at radius 2 is 2.08 bits per heavy atom. The summed E-state index contributed by atoms with van der Waals surface area (Å²) in [5.41, 5.74) is 0. The van der Waals surface area contributed by atoms with Crippen molar-refractivity contribution in [2.24, 2.45) is 7.05 Å². The Morgan fingerprint density at radius 1 is 1.38 bits per heavy atom. The summed E-state index contributed by atoms with van der Waals surface area (Å²) in [4.78, 5) is 16.5. The molecule has 8 heteroatoms. The average Bonchev–Trinajstić information content (AvgIpc) is 2.96. The van der Waals surface area contributed by atoms with Crippen LogP contribution < -0.4 is 15.4 Å². The van der Waals surface area contributed by atoms with Crippen molar-refractivity contribution in [1.82, 2.24) is 20.1 Å². The van der Waals surface area contributed by atoms with E-state index in [0.29, 0.717) is 22.6 Å².